The number of ether oxygens (including phenoxy) is 1. The van der Waals surface area contributed by atoms with Crippen LogP contribution in [-0.4, -0.2) is 14.0 Å². The number of hydrogen-bond donors (Lipinski definition) is 0. The van der Waals surface area contributed by atoms with E-state index in [2.05, 4.69) is 0 Å². The number of hydrogen-bond acceptors (Lipinski definition) is 6. The van der Waals surface area contributed by atoms with Gasteiger partial charge in [-0.3, -0.25) is 9.59 Å². The first-order valence-corrected chi connectivity index (χ1v) is 12.2. The minimum absolute atomic E-state index is 0.0683. The molecule has 0 aliphatic heterocycles. The lowest BCUT2D eigenvalue weighted by Gasteiger charge is -2.17. The maximum absolute atomic E-state index is 13.3. The normalized spacial score (nSPS) is 13.6. The van der Waals surface area contributed by atoms with E-state index in [0.717, 1.165) is 13.3 Å². The highest BCUT2D eigenvalue weighted by Crippen LogP contribution is 2.27. The summed E-state index contributed by atoms with van der Waals surface area (Å²) in [4.78, 5) is 25.5. The summed E-state index contributed by atoms with van der Waals surface area (Å²) >= 11 is 0. The summed E-state index contributed by atoms with van der Waals surface area (Å²) < 4.78 is 23.5. The molecule has 38 heavy (non-hydrogen) atoms. The fourth-order valence-electron chi connectivity index (χ4n) is 3.64. The molecule has 0 saturated heterocycles. The lowest BCUT2D eigenvalue weighted by molar-refractivity contribution is -0.106. The first kappa shape index (κ1) is 28.1. The molecule has 7 heteroatoms. The van der Waals surface area contributed by atoms with Crippen molar-refractivity contribution in [2.45, 2.75) is 34.6 Å². The second kappa shape index (κ2) is 13.7. The zero-order chi connectivity index (χ0) is 27.5. The van der Waals surface area contributed by atoms with Crippen molar-refractivity contribution in [1.82, 2.24) is 0 Å². The molecule has 0 bridgehead atoms. The fourth-order valence-corrected chi connectivity index (χ4v) is 3.64. The smallest absolute Gasteiger partial charge is 0.521 e. The van der Waals surface area contributed by atoms with Gasteiger partial charge >= 0.3 is 7.69 Å². The van der Waals surface area contributed by atoms with Crippen LogP contribution in [0.15, 0.2) is 99.1 Å². The van der Waals surface area contributed by atoms with Crippen LogP contribution in [0, 0.1) is 0 Å². The molecule has 3 aromatic rings. The summed E-state index contributed by atoms with van der Waals surface area (Å²) in [5, 5.41) is 0.356. The number of benzene rings is 2. The molecule has 0 amide bonds. The summed E-state index contributed by atoms with van der Waals surface area (Å²) in [5.41, 5.74) is 2.21. The van der Waals surface area contributed by atoms with Crippen molar-refractivity contribution in [2.24, 2.45) is 0 Å². The first-order chi connectivity index (χ1) is 18.5. The Kier molecular flexibility index (Phi) is 10.1. The van der Waals surface area contributed by atoms with Gasteiger partial charge in [0.2, 0.25) is 5.43 Å². The van der Waals surface area contributed by atoms with Gasteiger partial charge in [-0.25, -0.2) is 0 Å². The molecule has 0 aliphatic carbocycles. The Balaban J connectivity index is 2.04. The van der Waals surface area contributed by atoms with Crippen molar-refractivity contribution >= 4 is 31.9 Å². The molecule has 1 aromatic heterocycles. The molecule has 0 atom stereocenters. The molecule has 1 heterocycles. The summed E-state index contributed by atoms with van der Waals surface area (Å²) in [7, 11) is 0.932. The molecule has 193 valence electrons. The van der Waals surface area contributed by atoms with Crippen molar-refractivity contribution in [2.75, 3.05) is 0 Å². The summed E-state index contributed by atoms with van der Waals surface area (Å²) in [5.74, 6) is 0.803. The van der Waals surface area contributed by atoms with E-state index >= 15 is 0 Å². The van der Waals surface area contributed by atoms with Crippen LogP contribution in [0.1, 0.15) is 40.2 Å². The number of aldehydes is 1. The van der Waals surface area contributed by atoms with Crippen molar-refractivity contribution in [1.29, 1.82) is 0 Å². The maximum atomic E-state index is 13.3. The Hall–Kier alpha value is -4.52. The highest BCUT2D eigenvalue weighted by atomic mass is 16.6. The Morgan fingerprint density at radius 3 is 2.11 bits per heavy atom. The van der Waals surface area contributed by atoms with Crippen molar-refractivity contribution in [3.8, 4) is 17.1 Å². The summed E-state index contributed by atoms with van der Waals surface area (Å²) in [6.45, 7) is 9.17. The van der Waals surface area contributed by atoms with Gasteiger partial charge in [-0.2, -0.15) is 0 Å². The molecular formula is C31H30BO6. The maximum Gasteiger partial charge on any atom is 0.658 e. The van der Waals surface area contributed by atoms with Gasteiger partial charge in [0.15, 0.2) is 29.3 Å². The number of carbonyl (C=O) groups is 1. The van der Waals surface area contributed by atoms with Gasteiger partial charge < -0.3 is 18.5 Å². The predicted molar refractivity (Wildman–Crippen MR) is 151 cm³/mol. The number of carbonyl (C=O) groups excluding carboxylic acids is 1. The van der Waals surface area contributed by atoms with E-state index in [1.807, 2.05) is 63.2 Å². The van der Waals surface area contributed by atoms with E-state index in [-0.39, 0.29) is 28.5 Å². The number of allylic oxidation sites excluding steroid dienone is 4. The van der Waals surface area contributed by atoms with Crippen molar-refractivity contribution in [3.05, 3.63) is 116 Å². The Labute approximate surface area is 223 Å². The summed E-state index contributed by atoms with van der Waals surface area (Å²) in [6, 6.07) is 18.2. The third kappa shape index (κ3) is 6.42. The Morgan fingerprint density at radius 1 is 0.895 bits per heavy atom. The molecule has 1 radical (unpaired) electrons. The standard InChI is InChI=1S/C31H30BO6/c1-6-21(5)25(8-3)35-29(22-16-12-10-13-17-22)27(20-33)37-32-38-31-28(34)24(7-2)26(9-4)36-30(31)23-18-14-11-15-19-23/h6-20H,1-5H3/b21-6-,24-7+,25-8+,26-9+,29-27+. The molecule has 0 fully saturated rings. The highest BCUT2D eigenvalue weighted by Gasteiger charge is 2.20. The number of rotatable bonds is 10. The molecule has 0 N–H and O–H groups in total. The molecule has 0 aliphatic rings. The zero-order valence-corrected chi connectivity index (χ0v) is 22.2. The zero-order valence-electron chi connectivity index (χ0n) is 22.2. The average Bonchev–Trinajstić information content (AvgIpc) is 2.97. The molecule has 0 saturated carbocycles. The van der Waals surface area contributed by atoms with Gasteiger partial charge in [0, 0.05) is 11.1 Å². The second-order valence-electron chi connectivity index (χ2n) is 8.05. The Bertz CT molecular complexity index is 1530. The van der Waals surface area contributed by atoms with Crippen LogP contribution < -0.4 is 20.7 Å². The second-order valence-corrected chi connectivity index (χ2v) is 8.05. The monoisotopic (exact) mass is 509 g/mol. The van der Waals surface area contributed by atoms with Crippen molar-refractivity contribution < 1.29 is 23.3 Å². The third-order valence-corrected chi connectivity index (χ3v) is 5.73. The topological polar surface area (TPSA) is 75.0 Å². The molecule has 3 rings (SSSR count). The summed E-state index contributed by atoms with van der Waals surface area (Å²) in [6.07, 6.45) is 7.60. The SMILES string of the molecule is C/C=C(C)\C(=C/C)O/C(=C(\C=O)O[B]Oc1c(-c2ccccc2)oc(=C/C)/c(=C\C)c1=O)c1ccccc1. The predicted octanol–water partition coefficient (Wildman–Crippen LogP) is 5.29. The van der Waals surface area contributed by atoms with Gasteiger partial charge in [-0.15, -0.1) is 0 Å². The fraction of sp³-hybridized carbons (Fsp3) is 0.161. The first-order valence-electron chi connectivity index (χ1n) is 12.2. The third-order valence-electron chi connectivity index (χ3n) is 5.73. The molecule has 0 spiro atoms. The van der Waals surface area contributed by atoms with E-state index in [9.17, 15) is 9.59 Å². The minimum atomic E-state index is -0.373. The van der Waals surface area contributed by atoms with E-state index in [1.54, 1.807) is 56.3 Å². The van der Waals surface area contributed by atoms with Crippen LogP contribution in [0.2, 0.25) is 0 Å². The molecule has 2 aromatic carbocycles. The van der Waals surface area contributed by atoms with Crippen molar-refractivity contribution in [3.63, 3.8) is 0 Å². The van der Waals surface area contributed by atoms with E-state index in [0.29, 0.717) is 33.8 Å². The van der Waals surface area contributed by atoms with Gasteiger partial charge in [0.25, 0.3) is 0 Å². The van der Waals surface area contributed by atoms with Gasteiger partial charge in [0.05, 0.1) is 5.22 Å². The van der Waals surface area contributed by atoms with Crippen LogP contribution in [0.25, 0.3) is 29.2 Å². The largest absolute Gasteiger partial charge is 0.658 e. The average molecular weight is 509 g/mol. The van der Waals surface area contributed by atoms with E-state index in [1.165, 1.54) is 0 Å². The van der Waals surface area contributed by atoms with E-state index < -0.39 is 0 Å². The lowest BCUT2D eigenvalue weighted by Crippen LogP contribution is -2.39. The van der Waals surface area contributed by atoms with Crippen LogP contribution in [0.5, 0.6) is 5.75 Å². The van der Waals surface area contributed by atoms with Crippen LogP contribution in [-0.2, 0) is 14.2 Å². The van der Waals surface area contributed by atoms with Crippen LogP contribution in [0.3, 0.4) is 0 Å². The van der Waals surface area contributed by atoms with Gasteiger partial charge in [0.1, 0.15) is 11.2 Å². The lowest BCUT2D eigenvalue weighted by atomic mass is 10.1. The highest BCUT2D eigenvalue weighted by molar-refractivity contribution is 6.21. The molecular weight excluding hydrogens is 479 g/mol. The minimum Gasteiger partial charge on any atom is -0.521 e. The quantitative estimate of drug-likeness (QED) is 0.122. The van der Waals surface area contributed by atoms with Crippen LogP contribution in [0.4, 0.5) is 0 Å². The molecule has 6 nitrogen and oxygen atoms in total. The van der Waals surface area contributed by atoms with Gasteiger partial charge in [-0.1, -0.05) is 72.8 Å². The molecule has 0 unspecified atom stereocenters. The van der Waals surface area contributed by atoms with Gasteiger partial charge in [-0.05, 0) is 52.3 Å². The van der Waals surface area contributed by atoms with Crippen LogP contribution >= 0.6 is 0 Å². The van der Waals surface area contributed by atoms with E-state index in [4.69, 9.17) is 18.5 Å². The Morgan fingerprint density at radius 2 is 1.55 bits per heavy atom.